The fourth-order valence-corrected chi connectivity index (χ4v) is 2.34. The zero-order valence-electron chi connectivity index (χ0n) is 9.25. The van der Waals surface area contributed by atoms with Crippen LogP contribution in [0.5, 0.6) is 0 Å². The number of aromatic nitrogens is 2. The van der Waals surface area contributed by atoms with Gasteiger partial charge in [0.15, 0.2) is 0 Å². The van der Waals surface area contributed by atoms with E-state index in [4.69, 9.17) is 0 Å². The summed E-state index contributed by atoms with van der Waals surface area (Å²) in [4.78, 5) is 10.1. The lowest BCUT2D eigenvalue weighted by Gasteiger charge is -2.22. The Morgan fingerprint density at radius 2 is 2.43 bits per heavy atom. The fourth-order valence-electron chi connectivity index (χ4n) is 2.34. The van der Waals surface area contributed by atoms with Crippen molar-refractivity contribution in [3.63, 3.8) is 0 Å². The summed E-state index contributed by atoms with van der Waals surface area (Å²) in [5, 5.41) is 0. The molecule has 1 aromatic heterocycles. The van der Waals surface area contributed by atoms with E-state index in [0.29, 0.717) is 6.04 Å². The Morgan fingerprint density at radius 3 is 3.00 bits per heavy atom. The van der Waals surface area contributed by atoms with Crippen LogP contribution in [0.1, 0.15) is 32.4 Å². The number of hydrogen-bond acceptors (Lipinski definition) is 2. The highest BCUT2D eigenvalue weighted by atomic mass is 15.3. The number of aryl methyl sites for hydroxylation is 1. The smallest absolute Gasteiger partial charge is 0.203 e. The van der Waals surface area contributed by atoms with Gasteiger partial charge in [-0.2, -0.15) is 0 Å². The highest BCUT2D eigenvalue weighted by Crippen LogP contribution is 2.28. The van der Waals surface area contributed by atoms with E-state index < -0.39 is 0 Å². The predicted octanol–water partition coefficient (Wildman–Crippen LogP) is 2.34. The lowest BCUT2D eigenvalue weighted by molar-refractivity contribution is 0.586. The predicted molar refractivity (Wildman–Crippen MR) is 58.5 cm³/mol. The second-order valence-electron chi connectivity index (χ2n) is 4.45. The van der Waals surface area contributed by atoms with E-state index in [2.05, 4.69) is 35.6 Å². The Bertz CT molecular complexity index is 305. The minimum Gasteiger partial charge on any atom is -0.339 e. The van der Waals surface area contributed by atoms with E-state index in [1.54, 1.807) is 0 Å². The van der Waals surface area contributed by atoms with Gasteiger partial charge in [0, 0.05) is 24.5 Å². The number of anilines is 1. The molecule has 0 spiro atoms. The number of aromatic amines is 1. The highest BCUT2D eigenvalue weighted by molar-refractivity contribution is 5.34. The Kier molecular flexibility index (Phi) is 2.48. The summed E-state index contributed by atoms with van der Waals surface area (Å²) in [6.45, 7) is 7.77. The van der Waals surface area contributed by atoms with Gasteiger partial charge in [-0.3, -0.25) is 0 Å². The van der Waals surface area contributed by atoms with E-state index in [0.717, 1.165) is 24.1 Å². The number of H-pyrrole nitrogens is 1. The second kappa shape index (κ2) is 3.64. The summed E-state index contributed by atoms with van der Waals surface area (Å²) < 4.78 is 0. The molecule has 78 valence electrons. The number of nitrogens with one attached hydrogen (secondary N) is 1. The molecule has 0 radical (unpaired) electrons. The highest BCUT2D eigenvalue weighted by Gasteiger charge is 2.29. The average molecular weight is 193 g/mol. The lowest BCUT2D eigenvalue weighted by atomic mass is 10.1. The van der Waals surface area contributed by atoms with Crippen molar-refractivity contribution < 1.29 is 0 Å². The first-order valence-electron chi connectivity index (χ1n) is 5.49. The van der Waals surface area contributed by atoms with Gasteiger partial charge in [-0.25, -0.2) is 4.98 Å². The zero-order chi connectivity index (χ0) is 10.1. The maximum atomic E-state index is 4.40. The van der Waals surface area contributed by atoms with Gasteiger partial charge in [0.1, 0.15) is 0 Å². The van der Waals surface area contributed by atoms with Crippen molar-refractivity contribution in [3.05, 3.63) is 11.9 Å². The molecule has 0 saturated carbocycles. The first-order valence-corrected chi connectivity index (χ1v) is 5.49. The molecule has 0 bridgehead atoms. The molecule has 1 saturated heterocycles. The van der Waals surface area contributed by atoms with Gasteiger partial charge in [-0.1, -0.05) is 13.8 Å². The number of hydrogen-bond donors (Lipinski definition) is 1. The molecule has 2 heterocycles. The van der Waals surface area contributed by atoms with Crippen LogP contribution in [0, 0.1) is 12.8 Å². The molecule has 2 atom stereocenters. The minimum absolute atomic E-state index is 0.676. The Hall–Kier alpha value is -0.990. The maximum Gasteiger partial charge on any atom is 0.203 e. The van der Waals surface area contributed by atoms with Crippen LogP contribution in [0.3, 0.4) is 0 Å². The van der Waals surface area contributed by atoms with E-state index in [1.807, 2.05) is 6.20 Å². The average Bonchev–Trinajstić information content (AvgIpc) is 2.71. The van der Waals surface area contributed by atoms with E-state index in [-0.39, 0.29) is 0 Å². The first-order chi connectivity index (χ1) is 6.70. The molecule has 0 amide bonds. The second-order valence-corrected chi connectivity index (χ2v) is 4.45. The third-order valence-corrected chi connectivity index (χ3v) is 3.06. The lowest BCUT2D eigenvalue weighted by Crippen LogP contribution is -2.29. The molecule has 0 aliphatic carbocycles. The summed E-state index contributed by atoms with van der Waals surface area (Å²) in [6.07, 6.45) is 4.42. The van der Waals surface area contributed by atoms with E-state index in [9.17, 15) is 0 Å². The van der Waals surface area contributed by atoms with Crippen molar-refractivity contribution >= 4 is 5.95 Å². The quantitative estimate of drug-likeness (QED) is 0.781. The number of rotatable bonds is 2. The van der Waals surface area contributed by atoms with Crippen molar-refractivity contribution in [1.82, 2.24) is 9.97 Å². The topological polar surface area (TPSA) is 31.9 Å². The van der Waals surface area contributed by atoms with Gasteiger partial charge in [-0.05, 0) is 25.7 Å². The standard InChI is InChI=1S/C11H19N3/c1-4-10-5-8(2)7-14(10)11-12-6-9(3)13-11/h6,8,10H,4-5,7H2,1-3H3,(H,12,13). The van der Waals surface area contributed by atoms with Crippen LogP contribution in [0.4, 0.5) is 5.95 Å². The van der Waals surface area contributed by atoms with Crippen LogP contribution < -0.4 is 4.90 Å². The summed E-state index contributed by atoms with van der Waals surface area (Å²) in [7, 11) is 0. The third-order valence-electron chi connectivity index (χ3n) is 3.06. The minimum atomic E-state index is 0.676. The van der Waals surface area contributed by atoms with Crippen LogP contribution in [0.25, 0.3) is 0 Å². The summed E-state index contributed by atoms with van der Waals surface area (Å²) in [5.41, 5.74) is 1.15. The molecule has 3 heteroatoms. The molecular weight excluding hydrogens is 174 g/mol. The SMILES string of the molecule is CCC1CC(C)CN1c1ncc(C)[nH]1. The maximum absolute atomic E-state index is 4.40. The molecule has 14 heavy (non-hydrogen) atoms. The van der Waals surface area contributed by atoms with Crippen molar-refractivity contribution in [1.29, 1.82) is 0 Å². The molecule has 2 rings (SSSR count). The van der Waals surface area contributed by atoms with Crippen molar-refractivity contribution in [2.75, 3.05) is 11.4 Å². The Morgan fingerprint density at radius 1 is 1.64 bits per heavy atom. The van der Waals surface area contributed by atoms with Gasteiger partial charge in [0.2, 0.25) is 5.95 Å². The molecule has 2 unspecified atom stereocenters. The Balaban J connectivity index is 2.17. The van der Waals surface area contributed by atoms with E-state index >= 15 is 0 Å². The van der Waals surface area contributed by atoms with Gasteiger partial charge in [-0.15, -0.1) is 0 Å². The van der Waals surface area contributed by atoms with Gasteiger partial charge in [0.05, 0.1) is 0 Å². The molecular formula is C11H19N3. The molecule has 1 N–H and O–H groups in total. The van der Waals surface area contributed by atoms with Crippen LogP contribution in [-0.4, -0.2) is 22.6 Å². The van der Waals surface area contributed by atoms with Crippen LogP contribution in [0.15, 0.2) is 6.20 Å². The normalized spacial score (nSPS) is 27.2. The van der Waals surface area contributed by atoms with Crippen molar-refractivity contribution in [2.45, 2.75) is 39.7 Å². The van der Waals surface area contributed by atoms with Crippen LogP contribution in [-0.2, 0) is 0 Å². The largest absolute Gasteiger partial charge is 0.339 e. The Labute approximate surface area is 85.5 Å². The molecule has 1 aliphatic rings. The number of nitrogens with zero attached hydrogens (tertiary/aromatic N) is 2. The molecule has 1 aromatic rings. The molecule has 3 nitrogen and oxygen atoms in total. The van der Waals surface area contributed by atoms with Gasteiger partial charge < -0.3 is 9.88 Å². The first kappa shape index (κ1) is 9.56. The monoisotopic (exact) mass is 193 g/mol. The van der Waals surface area contributed by atoms with Crippen LogP contribution in [0.2, 0.25) is 0 Å². The van der Waals surface area contributed by atoms with Gasteiger partial charge >= 0.3 is 0 Å². The summed E-state index contributed by atoms with van der Waals surface area (Å²) >= 11 is 0. The zero-order valence-corrected chi connectivity index (χ0v) is 9.25. The molecule has 1 aliphatic heterocycles. The van der Waals surface area contributed by atoms with Crippen molar-refractivity contribution in [2.24, 2.45) is 5.92 Å². The summed E-state index contributed by atoms with van der Waals surface area (Å²) in [6, 6.07) is 0.676. The van der Waals surface area contributed by atoms with E-state index in [1.165, 1.54) is 12.8 Å². The summed E-state index contributed by atoms with van der Waals surface area (Å²) in [5.74, 6) is 1.85. The third kappa shape index (κ3) is 1.63. The van der Waals surface area contributed by atoms with Gasteiger partial charge in [0.25, 0.3) is 0 Å². The molecule has 1 fully saturated rings. The van der Waals surface area contributed by atoms with Crippen molar-refractivity contribution in [3.8, 4) is 0 Å². The molecule has 0 aromatic carbocycles. The number of imidazole rings is 1. The van der Waals surface area contributed by atoms with Crippen LogP contribution >= 0.6 is 0 Å². The fraction of sp³-hybridized carbons (Fsp3) is 0.727.